The van der Waals surface area contributed by atoms with Crippen molar-refractivity contribution in [2.24, 2.45) is 0 Å². The van der Waals surface area contributed by atoms with Crippen molar-refractivity contribution in [1.29, 1.82) is 0 Å². The van der Waals surface area contributed by atoms with Crippen molar-refractivity contribution in [2.45, 2.75) is 33.1 Å². The van der Waals surface area contributed by atoms with Crippen molar-refractivity contribution in [3.63, 3.8) is 0 Å². The lowest BCUT2D eigenvalue weighted by atomic mass is 9.93. The molecule has 0 aliphatic carbocycles. The van der Waals surface area contributed by atoms with Crippen LogP contribution in [0, 0.1) is 5.82 Å². The largest absolute Gasteiger partial charge is 0.496 e. The van der Waals surface area contributed by atoms with Crippen LogP contribution in [0.25, 0.3) is 5.57 Å². The van der Waals surface area contributed by atoms with Crippen LogP contribution in [-0.2, 0) is 4.79 Å². The zero-order valence-electron chi connectivity index (χ0n) is 13.1. The Labute approximate surface area is 125 Å². The van der Waals surface area contributed by atoms with Gasteiger partial charge in [-0.25, -0.2) is 4.39 Å². The Bertz CT molecular complexity index is 578. The second-order valence-electron chi connectivity index (χ2n) is 5.67. The highest BCUT2D eigenvalue weighted by atomic mass is 19.1. The molecule has 0 spiro atoms. The summed E-state index contributed by atoms with van der Waals surface area (Å²) in [6.07, 6.45) is 2.80. The standard InChI is InChI=1S/C17H22FNO2/c1-11(2)14-9-15(17(21-4)10-16(14)18)13-5-7-19(8-6-13)12(3)20/h5,9-11H,6-8H2,1-4H3. The van der Waals surface area contributed by atoms with E-state index in [-0.39, 0.29) is 17.6 Å². The molecule has 0 unspecified atom stereocenters. The van der Waals surface area contributed by atoms with Crippen LogP contribution in [0.2, 0.25) is 0 Å². The maximum absolute atomic E-state index is 14.1. The van der Waals surface area contributed by atoms with E-state index in [1.807, 2.05) is 26.0 Å². The van der Waals surface area contributed by atoms with Crippen molar-refractivity contribution < 1.29 is 13.9 Å². The molecule has 1 aromatic carbocycles. The van der Waals surface area contributed by atoms with Gasteiger partial charge in [-0.3, -0.25) is 4.79 Å². The van der Waals surface area contributed by atoms with E-state index < -0.39 is 0 Å². The number of carbonyl (C=O) groups excluding carboxylic acids is 1. The second-order valence-corrected chi connectivity index (χ2v) is 5.67. The topological polar surface area (TPSA) is 29.5 Å². The van der Waals surface area contributed by atoms with Crippen LogP contribution in [0.5, 0.6) is 5.75 Å². The van der Waals surface area contributed by atoms with Crippen molar-refractivity contribution in [2.75, 3.05) is 20.2 Å². The SMILES string of the molecule is COc1cc(F)c(C(C)C)cc1C1=CCN(C(C)=O)CC1. The molecule has 0 fully saturated rings. The fourth-order valence-electron chi connectivity index (χ4n) is 2.63. The van der Waals surface area contributed by atoms with Crippen LogP contribution in [0.15, 0.2) is 18.2 Å². The van der Waals surface area contributed by atoms with Gasteiger partial charge < -0.3 is 9.64 Å². The van der Waals surface area contributed by atoms with Crippen LogP contribution in [0.1, 0.15) is 44.2 Å². The third-order valence-corrected chi connectivity index (χ3v) is 3.94. The van der Waals surface area contributed by atoms with Gasteiger partial charge in [-0.2, -0.15) is 0 Å². The molecule has 1 aromatic rings. The van der Waals surface area contributed by atoms with E-state index >= 15 is 0 Å². The van der Waals surface area contributed by atoms with Gasteiger partial charge in [0.05, 0.1) is 7.11 Å². The number of carbonyl (C=O) groups is 1. The van der Waals surface area contributed by atoms with Crippen molar-refractivity contribution >= 4 is 11.5 Å². The normalized spacial score (nSPS) is 15.1. The third kappa shape index (κ3) is 3.26. The number of amides is 1. The molecule has 1 heterocycles. The molecule has 0 N–H and O–H groups in total. The van der Waals surface area contributed by atoms with Gasteiger partial charge in [0.2, 0.25) is 5.91 Å². The first-order valence-electron chi connectivity index (χ1n) is 7.26. The summed E-state index contributed by atoms with van der Waals surface area (Å²) >= 11 is 0. The molecule has 0 atom stereocenters. The molecule has 1 aliphatic rings. The summed E-state index contributed by atoms with van der Waals surface area (Å²) in [4.78, 5) is 13.2. The lowest BCUT2D eigenvalue weighted by Gasteiger charge is -2.26. The summed E-state index contributed by atoms with van der Waals surface area (Å²) in [6, 6.07) is 3.34. The molecular formula is C17H22FNO2. The molecule has 114 valence electrons. The molecule has 4 heteroatoms. The summed E-state index contributed by atoms with van der Waals surface area (Å²) in [5.74, 6) is 0.526. The van der Waals surface area contributed by atoms with Crippen LogP contribution in [0.3, 0.4) is 0 Å². The predicted octanol–water partition coefficient (Wildman–Crippen LogP) is 3.59. The molecule has 1 amide bonds. The molecule has 0 saturated carbocycles. The van der Waals surface area contributed by atoms with Gasteiger partial charge in [0.25, 0.3) is 0 Å². The first-order valence-corrected chi connectivity index (χ1v) is 7.26. The predicted molar refractivity (Wildman–Crippen MR) is 81.9 cm³/mol. The van der Waals surface area contributed by atoms with E-state index in [4.69, 9.17) is 4.74 Å². The molecule has 0 aromatic heterocycles. The summed E-state index contributed by atoms with van der Waals surface area (Å²) in [5.41, 5.74) is 2.75. The lowest BCUT2D eigenvalue weighted by molar-refractivity contribution is -0.128. The Hall–Kier alpha value is -1.84. The monoisotopic (exact) mass is 291 g/mol. The Morgan fingerprint density at radius 2 is 2.10 bits per heavy atom. The van der Waals surface area contributed by atoms with Crippen molar-refractivity contribution in [3.05, 3.63) is 35.2 Å². The average Bonchev–Trinajstić information content (AvgIpc) is 2.46. The molecule has 1 aliphatic heterocycles. The van der Waals surface area contributed by atoms with E-state index in [9.17, 15) is 9.18 Å². The summed E-state index contributed by atoms with van der Waals surface area (Å²) in [6.45, 7) is 6.82. The minimum atomic E-state index is -0.229. The molecule has 2 rings (SSSR count). The van der Waals surface area contributed by atoms with Gasteiger partial charge in [-0.05, 0) is 29.5 Å². The second kappa shape index (κ2) is 6.29. The van der Waals surface area contributed by atoms with Crippen LogP contribution in [-0.4, -0.2) is 31.0 Å². The molecule has 0 saturated heterocycles. The lowest BCUT2D eigenvalue weighted by Crippen LogP contribution is -2.32. The number of halogens is 1. The van der Waals surface area contributed by atoms with Crippen LogP contribution in [0.4, 0.5) is 4.39 Å². The van der Waals surface area contributed by atoms with E-state index in [1.54, 1.807) is 18.9 Å². The first-order chi connectivity index (χ1) is 9.93. The molecular weight excluding hydrogens is 269 g/mol. The highest BCUT2D eigenvalue weighted by Gasteiger charge is 2.19. The molecule has 0 bridgehead atoms. The van der Waals surface area contributed by atoms with Gasteiger partial charge in [0.15, 0.2) is 0 Å². The third-order valence-electron chi connectivity index (χ3n) is 3.94. The number of hydrogen-bond donors (Lipinski definition) is 0. The van der Waals surface area contributed by atoms with Crippen molar-refractivity contribution in [3.8, 4) is 5.75 Å². The zero-order chi connectivity index (χ0) is 15.6. The summed E-state index contributed by atoms with van der Waals surface area (Å²) < 4.78 is 19.4. The Morgan fingerprint density at radius 3 is 2.57 bits per heavy atom. The van der Waals surface area contributed by atoms with Gasteiger partial charge in [-0.1, -0.05) is 19.9 Å². The Balaban J connectivity index is 2.39. The molecule has 21 heavy (non-hydrogen) atoms. The van der Waals surface area contributed by atoms with E-state index in [2.05, 4.69) is 0 Å². The molecule has 3 nitrogen and oxygen atoms in total. The quantitative estimate of drug-likeness (QED) is 0.851. The van der Waals surface area contributed by atoms with Crippen LogP contribution < -0.4 is 4.74 Å². The summed E-state index contributed by atoms with van der Waals surface area (Å²) in [7, 11) is 1.55. The minimum Gasteiger partial charge on any atom is -0.496 e. The maximum atomic E-state index is 14.1. The number of methoxy groups -OCH3 is 1. The average molecular weight is 291 g/mol. The van der Waals surface area contributed by atoms with Gasteiger partial charge in [0, 0.05) is 31.6 Å². The first kappa shape index (κ1) is 15.5. The Kier molecular flexibility index (Phi) is 4.66. The minimum absolute atomic E-state index is 0.0826. The number of ether oxygens (including phenoxy) is 1. The number of hydrogen-bond acceptors (Lipinski definition) is 2. The Morgan fingerprint density at radius 1 is 1.38 bits per heavy atom. The van der Waals surface area contributed by atoms with Gasteiger partial charge in [-0.15, -0.1) is 0 Å². The van der Waals surface area contributed by atoms with E-state index in [0.717, 1.165) is 17.6 Å². The van der Waals surface area contributed by atoms with Crippen molar-refractivity contribution in [1.82, 2.24) is 4.90 Å². The number of rotatable bonds is 3. The van der Waals surface area contributed by atoms with Crippen LogP contribution >= 0.6 is 0 Å². The fraction of sp³-hybridized carbons (Fsp3) is 0.471. The number of nitrogens with zero attached hydrogens (tertiary/aromatic N) is 1. The number of benzene rings is 1. The zero-order valence-corrected chi connectivity index (χ0v) is 13.1. The summed E-state index contributed by atoms with van der Waals surface area (Å²) in [5, 5.41) is 0. The van der Waals surface area contributed by atoms with Gasteiger partial charge in [0.1, 0.15) is 11.6 Å². The van der Waals surface area contributed by atoms with Gasteiger partial charge >= 0.3 is 0 Å². The fourth-order valence-corrected chi connectivity index (χ4v) is 2.63. The maximum Gasteiger partial charge on any atom is 0.219 e. The highest BCUT2D eigenvalue weighted by molar-refractivity contribution is 5.77. The van der Waals surface area contributed by atoms with E-state index in [1.165, 1.54) is 6.07 Å². The van der Waals surface area contributed by atoms with E-state index in [0.29, 0.717) is 24.4 Å². The molecule has 0 radical (unpaired) electrons. The smallest absolute Gasteiger partial charge is 0.219 e. The highest BCUT2D eigenvalue weighted by Crippen LogP contribution is 2.34.